The van der Waals surface area contributed by atoms with E-state index < -0.39 is 114 Å². The standard InChI is InChI=1S/C44H71N5O11/c1-12-27(7)36(47-35(51)24-34(50)31(22-25(3)4)46-40(54)38(28(8)13-2)60-44(58)37(52)26(5)6)39(53)45-29(9)41(55)48(10)33(23-30-18-15-14-16-19-30)42(56)49-21-17-20-32(49)43(57)59-11/h14-16,18-19,25-29,31-34,36-38,50,52H,12-13,17,20-24H2,1-11H3,(H,45,53)(H,46,54)(H,47,51)/t27-,28-,29-,31-,32-,33+,34-,36-,37-,38+/m0/s1. The Bertz CT molecular complexity index is 1590. The molecule has 1 aromatic carbocycles. The zero-order valence-electron chi connectivity index (χ0n) is 37.4. The van der Waals surface area contributed by atoms with Crippen LogP contribution in [0.4, 0.5) is 0 Å². The maximum absolute atomic E-state index is 14.1. The summed E-state index contributed by atoms with van der Waals surface area (Å²) in [5.74, 6) is -5.72. The number of esters is 2. The summed E-state index contributed by atoms with van der Waals surface area (Å²) in [5.41, 5.74) is 0.790. The molecule has 16 nitrogen and oxygen atoms in total. The molecule has 2 rings (SSSR count). The Labute approximate surface area is 355 Å². The van der Waals surface area contributed by atoms with E-state index in [1.807, 2.05) is 58.0 Å². The van der Waals surface area contributed by atoms with E-state index in [1.54, 1.807) is 27.7 Å². The molecule has 1 aromatic rings. The van der Waals surface area contributed by atoms with Crippen LogP contribution in [0.1, 0.15) is 106 Å². The van der Waals surface area contributed by atoms with Gasteiger partial charge in [0.2, 0.25) is 23.6 Å². The molecule has 1 aliphatic rings. The largest absolute Gasteiger partial charge is 0.467 e. The lowest BCUT2D eigenvalue weighted by molar-refractivity contribution is -0.169. The number of methoxy groups -OCH3 is 1. The smallest absolute Gasteiger partial charge is 0.336 e. The molecule has 60 heavy (non-hydrogen) atoms. The van der Waals surface area contributed by atoms with Crippen LogP contribution in [0.2, 0.25) is 0 Å². The molecule has 5 amide bonds. The number of nitrogens with one attached hydrogen (secondary N) is 3. The Hall–Kier alpha value is -4.57. The minimum atomic E-state index is -1.43. The molecule has 0 unspecified atom stereocenters. The fourth-order valence-electron chi connectivity index (χ4n) is 7.11. The molecule has 338 valence electrons. The third kappa shape index (κ3) is 14.9. The maximum Gasteiger partial charge on any atom is 0.336 e. The molecule has 1 saturated heterocycles. The van der Waals surface area contributed by atoms with Crippen molar-refractivity contribution in [3.05, 3.63) is 35.9 Å². The average Bonchev–Trinajstić information content (AvgIpc) is 3.71. The van der Waals surface area contributed by atoms with Crippen LogP contribution in [0.5, 0.6) is 0 Å². The van der Waals surface area contributed by atoms with Gasteiger partial charge in [0, 0.05) is 25.9 Å². The van der Waals surface area contributed by atoms with Gasteiger partial charge in [0.15, 0.2) is 12.2 Å². The predicted molar refractivity (Wildman–Crippen MR) is 225 cm³/mol. The normalized spacial score (nSPS) is 18.5. The van der Waals surface area contributed by atoms with Crippen molar-refractivity contribution in [3.8, 4) is 0 Å². The van der Waals surface area contributed by atoms with Crippen LogP contribution >= 0.6 is 0 Å². The van der Waals surface area contributed by atoms with Crippen molar-refractivity contribution < 1.29 is 53.2 Å². The zero-order valence-corrected chi connectivity index (χ0v) is 37.4. The van der Waals surface area contributed by atoms with Gasteiger partial charge in [-0.15, -0.1) is 0 Å². The SMILES string of the molecule is CC[C@H](C)[C@H](NC(=O)C[C@H](O)[C@H](CC(C)C)NC(=O)[C@H](OC(=O)[C@@H](O)C(C)C)[C@@H](C)CC)C(=O)N[C@@H](C)C(=O)N(C)[C@H](Cc1ccccc1)C(=O)N1CCC[C@H]1C(=O)OC. The van der Waals surface area contributed by atoms with Gasteiger partial charge in [0.05, 0.1) is 25.7 Å². The summed E-state index contributed by atoms with van der Waals surface area (Å²) in [6, 6.07) is 4.21. The van der Waals surface area contributed by atoms with Crippen molar-refractivity contribution >= 4 is 41.5 Å². The van der Waals surface area contributed by atoms with Gasteiger partial charge in [0.25, 0.3) is 5.91 Å². The van der Waals surface area contributed by atoms with Gasteiger partial charge >= 0.3 is 11.9 Å². The van der Waals surface area contributed by atoms with Crippen LogP contribution in [0, 0.1) is 23.7 Å². The molecule has 0 aliphatic carbocycles. The van der Waals surface area contributed by atoms with E-state index in [4.69, 9.17) is 9.47 Å². The summed E-state index contributed by atoms with van der Waals surface area (Å²) in [7, 11) is 2.74. The van der Waals surface area contributed by atoms with Crippen molar-refractivity contribution in [1.29, 1.82) is 0 Å². The first-order chi connectivity index (χ1) is 28.2. The van der Waals surface area contributed by atoms with Crippen LogP contribution in [-0.4, -0.2) is 131 Å². The number of aliphatic hydroxyl groups is 2. The molecule has 5 N–H and O–H groups in total. The lowest BCUT2D eigenvalue weighted by atomic mass is 9.94. The number of carbonyl (C=O) groups is 7. The predicted octanol–water partition coefficient (Wildman–Crippen LogP) is 2.51. The van der Waals surface area contributed by atoms with Crippen molar-refractivity contribution in [2.24, 2.45) is 23.7 Å². The quantitative estimate of drug-likeness (QED) is 0.101. The van der Waals surface area contributed by atoms with E-state index in [9.17, 15) is 43.8 Å². The second-order valence-electron chi connectivity index (χ2n) is 17.0. The number of nitrogens with zero attached hydrogens (tertiary/aromatic N) is 2. The number of amides is 5. The van der Waals surface area contributed by atoms with Crippen molar-refractivity contribution in [2.75, 3.05) is 20.7 Å². The van der Waals surface area contributed by atoms with Gasteiger partial charge in [-0.3, -0.25) is 24.0 Å². The van der Waals surface area contributed by atoms with Gasteiger partial charge in [-0.2, -0.15) is 0 Å². The second-order valence-corrected chi connectivity index (χ2v) is 17.0. The lowest BCUT2D eigenvalue weighted by Crippen LogP contribution is -2.59. The van der Waals surface area contributed by atoms with Gasteiger partial charge in [-0.25, -0.2) is 9.59 Å². The highest BCUT2D eigenvalue weighted by Gasteiger charge is 2.41. The number of carbonyl (C=O) groups excluding carboxylic acids is 7. The molecule has 16 heteroatoms. The van der Waals surface area contributed by atoms with Crippen LogP contribution in [0.15, 0.2) is 30.3 Å². The molecule has 0 radical (unpaired) electrons. The zero-order chi connectivity index (χ0) is 45.4. The molecule has 0 saturated carbocycles. The fraction of sp³-hybridized carbons (Fsp3) is 0.705. The third-order valence-electron chi connectivity index (χ3n) is 11.4. The molecular formula is C44H71N5O11. The number of benzene rings is 1. The van der Waals surface area contributed by atoms with Crippen LogP contribution in [0.3, 0.4) is 0 Å². The van der Waals surface area contributed by atoms with Crippen LogP contribution < -0.4 is 16.0 Å². The van der Waals surface area contributed by atoms with Gasteiger partial charge in [-0.05, 0) is 55.9 Å². The number of ether oxygens (including phenoxy) is 2. The number of hydrogen-bond donors (Lipinski definition) is 5. The lowest BCUT2D eigenvalue weighted by Gasteiger charge is -2.34. The van der Waals surface area contributed by atoms with E-state index in [-0.39, 0.29) is 18.8 Å². The Morgan fingerprint density at radius 1 is 0.867 bits per heavy atom. The minimum Gasteiger partial charge on any atom is -0.467 e. The summed E-state index contributed by atoms with van der Waals surface area (Å²) >= 11 is 0. The Morgan fingerprint density at radius 2 is 1.48 bits per heavy atom. The number of likely N-dealkylation sites (N-methyl/N-ethyl adjacent to an activating group) is 1. The third-order valence-corrected chi connectivity index (χ3v) is 11.4. The van der Waals surface area contributed by atoms with E-state index in [1.165, 1.54) is 30.9 Å². The Kier molecular flexibility index (Phi) is 21.2. The topological polar surface area (TPSA) is 221 Å². The van der Waals surface area contributed by atoms with Crippen molar-refractivity contribution in [1.82, 2.24) is 25.8 Å². The first kappa shape index (κ1) is 51.6. The number of hydrogen-bond acceptors (Lipinski definition) is 11. The number of likely N-dealkylation sites (tertiary alicyclic amines) is 1. The summed E-state index contributed by atoms with van der Waals surface area (Å²) in [4.78, 5) is 96.8. The summed E-state index contributed by atoms with van der Waals surface area (Å²) in [6.07, 6.45) is -2.14. The molecule has 0 bridgehead atoms. The first-order valence-electron chi connectivity index (χ1n) is 21.3. The molecule has 1 heterocycles. The van der Waals surface area contributed by atoms with Crippen molar-refractivity contribution in [2.45, 2.75) is 156 Å². The fourth-order valence-corrected chi connectivity index (χ4v) is 7.11. The Morgan fingerprint density at radius 3 is 2.03 bits per heavy atom. The second kappa shape index (κ2) is 24.6. The average molecular weight is 846 g/mol. The highest BCUT2D eigenvalue weighted by Crippen LogP contribution is 2.23. The number of aliphatic hydroxyl groups excluding tert-OH is 2. The minimum absolute atomic E-state index is 0.0246. The molecule has 1 fully saturated rings. The first-order valence-corrected chi connectivity index (χ1v) is 21.3. The molecular weight excluding hydrogens is 775 g/mol. The van der Waals surface area contributed by atoms with E-state index in [0.717, 1.165) is 5.56 Å². The van der Waals surface area contributed by atoms with Crippen LogP contribution in [-0.2, 0) is 49.5 Å². The Balaban J connectivity index is 2.24. The van der Waals surface area contributed by atoms with Gasteiger partial charge in [0.1, 0.15) is 24.2 Å². The van der Waals surface area contributed by atoms with Crippen molar-refractivity contribution in [3.63, 3.8) is 0 Å². The van der Waals surface area contributed by atoms with E-state index in [2.05, 4.69) is 16.0 Å². The molecule has 0 spiro atoms. The molecule has 0 aromatic heterocycles. The summed E-state index contributed by atoms with van der Waals surface area (Å²) in [6.45, 7) is 16.0. The summed E-state index contributed by atoms with van der Waals surface area (Å²) in [5, 5.41) is 29.8. The summed E-state index contributed by atoms with van der Waals surface area (Å²) < 4.78 is 10.4. The van der Waals surface area contributed by atoms with Gasteiger partial charge in [-0.1, -0.05) is 92.1 Å². The monoisotopic (exact) mass is 846 g/mol. The highest BCUT2D eigenvalue weighted by atomic mass is 16.6. The van der Waals surface area contributed by atoms with Crippen LogP contribution in [0.25, 0.3) is 0 Å². The van der Waals surface area contributed by atoms with E-state index >= 15 is 0 Å². The molecule has 10 atom stereocenters. The highest BCUT2D eigenvalue weighted by molar-refractivity contribution is 5.95. The maximum atomic E-state index is 14.1. The van der Waals surface area contributed by atoms with E-state index in [0.29, 0.717) is 32.2 Å². The molecule has 1 aliphatic heterocycles. The number of rotatable bonds is 23. The van der Waals surface area contributed by atoms with Gasteiger partial charge < -0.3 is 45.4 Å².